The number of carbonyl (C=O) groups excluding carboxylic acids is 2. The first-order valence-corrected chi connectivity index (χ1v) is 7.13. The molecule has 1 aliphatic rings. The highest BCUT2D eigenvalue weighted by molar-refractivity contribution is 5.83. The Morgan fingerprint density at radius 2 is 1.81 bits per heavy atom. The predicted molar refractivity (Wildman–Crippen MR) is 79.9 cm³/mol. The molecule has 0 N–H and O–H groups in total. The number of hydrogen-bond donors (Lipinski definition) is 0. The molecule has 0 spiro atoms. The lowest BCUT2D eigenvalue weighted by atomic mass is 10.1. The summed E-state index contributed by atoms with van der Waals surface area (Å²) >= 11 is 0. The Kier molecular flexibility index (Phi) is 4.94. The standard InChI is InChI=1S/C16H19N3O2/c1-13(20)6-7-16(21)19-10-8-18(9-11-19)15-5-3-2-4-14(15)12-17/h2-5H,6-11H2,1H3. The zero-order valence-electron chi connectivity index (χ0n) is 12.2. The van der Waals surface area contributed by atoms with Gasteiger partial charge in [0.2, 0.25) is 5.91 Å². The third-order valence-corrected chi connectivity index (χ3v) is 3.69. The fraction of sp³-hybridized carbons (Fsp3) is 0.438. The number of para-hydroxylation sites is 1. The number of carbonyl (C=O) groups is 2. The number of rotatable bonds is 4. The van der Waals surface area contributed by atoms with Gasteiger partial charge in [-0.2, -0.15) is 5.26 Å². The van der Waals surface area contributed by atoms with Gasteiger partial charge in [0.25, 0.3) is 0 Å². The number of benzene rings is 1. The average Bonchev–Trinajstić information content (AvgIpc) is 2.52. The fourth-order valence-electron chi connectivity index (χ4n) is 2.48. The summed E-state index contributed by atoms with van der Waals surface area (Å²) in [5.41, 5.74) is 1.59. The molecule has 110 valence electrons. The SMILES string of the molecule is CC(=O)CCC(=O)N1CCN(c2ccccc2C#N)CC1. The number of amides is 1. The van der Waals surface area contributed by atoms with Gasteiger partial charge in [0.15, 0.2) is 0 Å². The van der Waals surface area contributed by atoms with Crippen LogP contribution in [0.4, 0.5) is 5.69 Å². The van der Waals surface area contributed by atoms with Crippen LogP contribution in [-0.2, 0) is 9.59 Å². The quantitative estimate of drug-likeness (QED) is 0.842. The molecule has 2 rings (SSSR count). The van der Waals surface area contributed by atoms with Crippen molar-refractivity contribution < 1.29 is 9.59 Å². The Labute approximate surface area is 124 Å². The molecule has 0 saturated carbocycles. The Morgan fingerprint density at radius 3 is 2.43 bits per heavy atom. The average molecular weight is 285 g/mol. The Morgan fingerprint density at radius 1 is 1.14 bits per heavy atom. The Balaban J connectivity index is 1.93. The Bertz CT molecular complexity index is 569. The van der Waals surface area contributed by atoms with Gasteiger partial charge in [0, 0.05) is 39.0 Å². The summed E-state index contributed by atoms with van der Waals surface area (Å²) in [7, 11) is 0. The van der Waals surface area contributed by atoms with Crippen LogP contribution in [0.1, 0.15) is 25.3 Å². The van der Waals surface area contributed by atoms with E-state index in [1.54, 1.807) is 11.0 Å². The van der Waals surface area contributed by atoms with Crippen molar-refractivity contribution in [3.05, 3.63) is 29.8 Å². The lowest BCUT2D eigenvalue weighted by molar-refractivity contribution is -0.133. The number of nitrogens with zero attached hydrogens (tertiary/aromatic N) is 3. The number of nitriles is 1. The molecule has 5 heteroatoms. The highest BCUT2D eigenvalue weighted by Crippen LogP contribution is 2.21. The third-order valence-electron chi connectivity index (χ3n) is 3.69. The molecule has 0 bridgehead atoms. The minimum atomic E-state index is 0.0402. The van der Waals surface area contributed by atoms with Crippen LogP contribution < -0.4 is 4.90 Å². The van der Waals surface area contributed by atoms with E-state index in [4.69, 9.17) is 5.26 Å². The zero-order chi connectivity index (χ0) is 15.2. The van der Waals surface area contributed by atoms with Gasteiger partial charge in [-0.15, -0.1) is 0 Å². The molecular formula is C16H19N3O2. The molecule has 1 fully saturated rings. The number of Topliss-reactive ketones (excluding diaryl/α,β-unsaturated/α-hetero) is 1. The van der Waals surface area contributed by atoms with E-state index in [1.807, 2.05) is 18.2 Å². The number of hydrogen-bond acceptors (Lipinski definition) is 4. The zero-order valence-corrected chi connectivity index (χ0v) is 12.2. The van der Waals surface area contributed by atoms with Crippen molar-refractivity contribution in [1.29, 1.82) is 5.26 Å². The normalized spacial score (nSPS) is 14.7. The van der Waals surface area contributed by atoms with E-state index >= 15 is 0 Å². The summed E-state index contributed by atoms with van der Waals surface area (Å²) in [6.45, 7) is 4.20. The summed E-state index contributed by atoms with van der Waals surface area (Å²) in [4.78, 5) is 26.8. The van der Waals surface area contributed by atoms with E-state index in [0.29, 0.717) is 44.6 Å². The van der Waals surface area contributed by atoms with Crippen molar-refractivity contribution in [3.8, 4) is 6.07 Å². The van der Waals surface area contributed by atoms with Crippen LogP contribution in [0.5, 0.6) is 0 Å². The molecule has 1 heterocycles. The molecular weight excluding hydrogens is 266 g/mol. The van der Waals surface area contributed by atoms with Crippen LogP contribution in [0.2, 0.25) is 0 Å². The number of anilines is 1. The smallest absolute Gasteiger partial charge is 0.223 e. The second-order valence-electron chi connectivity index (χ2n) is 5.20. The van der Waals surface area contributed by atoms with E-state index in [0.717, 1.165) is 5.69 Å². The van der Waals surface area contributed by atoms with Gasteiger partial charge in [0.1, 0.15) is 11.9 Å². The summed E-state index contributed by atoms with van der Waals surface area (Å²) in [6, 6.07) is 9.71. The molecule has 0 unspecified atom stereocenters. The van der Waals surface area contributed by atoms with Gasteiger partial charge >= 0.3 is 0 Å². The van der Waals surface area contributed by atoms with Gasteiger partial charge in [-0.05, 0) is 19.1 Å². The third kappa shape index (κ3) is 3.82. The van der Waals surface area contributed by atoms with Crippen LogP contribution in [0.15, 0.2) is 24.3 Å². The van der Waals surface area contributed by atoms with E-state index in [1.165, 1.54) is 6.92 Å². The van der Waals surface area contributed by atoms with Gasteiger partial charge in [-0.3, -0.25) is 4.79 Å². The molecule has 0 radical (unpaired) electrons. The minimum absolute atomic E-state index is 0.0402. The maximum atomic E-state index is 12.0. The summed E-state index contributed by atoms with van der Waals surface area (Å²) in [6.07, 6.45) is 0.612. The van der Waals surface area contributed by atoms with E-state index in [-0.39, 0.29) is 11.7 Å². The topological polar surface area (TPSA) is 64.4 Å². The van der Waals surface area contributed by atoms with Gasteiger partial charge < -0.3 is 14.6 Å². The summed E-state index contributed by atoms with van der Waals surface area (Å²) in [5.74, 6) is 0.0864. The van der Waals surface area contributed by atoms with E-state index in [2.05, 4.69) is 11.0 Å². The maximum Gasteiger partial charge on any atom is 0.223 e. The first-order chi connectivity index (χ1) is 10.1. The van der Waals surface area contributed by atoms with Crippen molar-refractivity contribution >= 4 is 17.4 Å². The maximum absolute atomic E-state index is 12.0. The molecule has 21 heavy (non-hydrogen) atoms. The number of ketones is 1. The lowest BCUT2D eigenvalue weighted by Crippen LogP contribution is -2.49. The Hall–Kier alpha value is -2.35. The molecule has 1 amide bonds. The minimum Gasteiger partial charge on any atom is -0.367 e. The molecule has 1 aromatic rings. The van der Waals surface area contributed by atoms with Crippen molar-refractivity contribution in [2.75, 3.05) is 31.1 Å². The van der Waals surface area contributed by atoms with Crippen molar-refractivity contribution in [3.63, 3.8) is 0 Å². The molecule has 0 atom stereocenters. The van der Waals surface area contributed by atoms with Gasteiger partial charge in [-0.1, -0.05) is 12.1 Å². The fourth-order valence-corrected chi connectivity index (χ4v) is 2.48. The van der Waals surface area contributed by atoms with Crippen LogP contribution in [0.25, 0.3) is 0 Å². The second-order valence-corrected chi connectivity index (χ2v) is 5.20. The molecule has 5 nitrogen and oxygen atoms in total. The van der Waals surface area contributed by atoms with Gasteiger partial charge in [0.05, 0.1) is 11.3 Å². The molecule has 1 aromatic carbocycles. The van der Waals surface area contributed by atoms with E-state index < -0.39 is 0 Å². The van der Waals surface area contributed by atoms with Crippen LogP contribution in [0.3, 0.4) is 0 Å². The monoisotopic (exact) mass is 285 g/mol. The molecule has 0 aliphatic carbocycles. The predicted octanol–water partition coefficient (Wildman–Crippen LogP) is 1.58. The van der Waals surface area contributed by atoms with E-state index in [9.17, 15) is 9.59 Å². The highest BCUT2D eigenvalue weighted by Gasteiger charge is 2.22. The molecule has 0 aromatic heterocycles. The first-order valence-electron chi connectivity index (χ1n) is 7.13. The van der Waals surface area contributed by atoms with Crippen LogP contribution in [-0.4, -0.2) is 42.8 Å². The molecule has 1 saturated heterocycles. The summed E-state index contributed by atoms with van der Waals surface area (Å²) < 4.78 is 0. The van der Waals surface area contributed by atoms with Gasteiger partial charge in [-0.25, -0.2) is 0 Å². The number of piperazine rings is 1. The largest absolute Gasteiger partial charge is 0.367 e. The van der Waals surface area contributed by atoms with Crippen LogP contribution in [0, 0.1) is 11.3 Å². The lowest BCUT2D eigenvalue weighted by Gasteiger charge is -2.36. The first kappa shape index (κ1) is 15.0. The highest BCUT2D eigenvalue weighted by atomic mass is 16.2. The van der Waals surface area contributed by atoms with Crippen molar-refractivity contribution in [2.24, 2.45) is 0 Å². The molecule has 1 aliphatic heterocycles. The van der Waals surface area contributed by atoms with Crippen molar-refractivity contribution in [1.82, 2.24) is 4.90 Å². The summed E-state index contributed by atoms with van der Waals surface area (Å²) in [5, 5.41) is 9.14. The second kappa shape index (κ2) is 6.89. The van der Waals surface area contributed by atoms with Crippen LogP contribution >= 0.6 is 0 Å². The van der Waals surface area contributed by atoms with Crippen molar-refractivity contribution in [2.45, 2.75) is 19.8 Å².